The van der Waals surface area contributed by atoms with Crippen LogP contribution in [0.5, 0.6) is 11.6 Å². The van der Waals surface area contributed by atoms with E-state index in [4.69, 9.17) is 22.1 Å². The van der Waals surface area contributed by atoms with Gasteiger partial charge in [0, 0.05) is 30.0 Å². The summed E-state index contributed by atoms with van der Waals surface area (Å²) >= 11 is 6.09. The predicted molar refractivity (Wildman–Crippen MR) is 76.8 cm³/mol. The number of halogens is 1. The van der Waals surface area contributed by atoms with E-state index < -0.39 is 0 Å². The van der Waals surface area contributed by atoms with Gasteiger partial charge in [-0.05, 0) is 23.8 Å². The SMILES string of the molecule is NCc1ccc(Oc2ccc3nccnc3n2)cc1Cl. The summed E-state index contributed by atoms with van der Waals surface area (Å²) in [7, 11) is 0. The number of pyridine rings is 1. The summed E-state index contributed by atoms with van der Waals surface area (Å²) in [5.41, 5.74) is 7.69. The van der Waals surface area contributed by atoms with E-state index in [-0.39, 0.29) is 0 Å². The summed E-state index contributed by atoms with van der Waals surface area (Å²) < 4.78 is 5.66. The molecule has 0 saturated heterocycles. The Morgan fingerprint density at radius 2 is 1.95 bits per heavy atom. The minimum atomic E-state index is 0.392. The van der Waals surface area contributed by atoms with Crippen molar-refractivity contribution in [3.05, 3.63) is 53.3 Å². The van der Waals surface area contributed by atoms with Crippen molar-refractivity contribution in [1.82, 2.24) is 15.0 Å². The molecular weight excluding hydrogens is 276 g/mol. The molecule has 0 unspecified atom stereocenters. The molecule has 0 bridgehead atoms. The van der Waals surface area contributed by atoms with Crippen LogP contribution in [0.15, 0.2) is 42.7 Å². The summed E-state index contributed by atoms with van der Waals surface area (Å²) in [6.07, 6.45) is 3.21. The molecule has 20 heavy (non-hydrogen) atoms. The van der Waals surface area contributed by atoms with Gasteiger partial charge in [0.2, 0.25) is 5.88 Å². The van der Waals surface area contributed by atoms with Crippen molar-refractivity contribution in [3.8, 4) is 11.6 Å². The zero-order valence-electron chi connectivity index (χ0n) is 10.5. The summed E-state index contributed by atoms with van der Waals surface area (Å²) in [6.45, 7) is 0.392. The Bertz CT molecular complexity index is 763. The van der Waals surface area contributed by atoms with Crippen LogP contribution in [0.2, 0.25) is 5.02 Å². The number of fused-ring (bicyclic) bond motifs is 1. The summed E-state index contributed by atoms with van der Waals surface area (Å²) in [6, 6.07) is 8.89. The van der Waals surface area contributed by atoms with E-state index >= 15 is 0 Å². The fourth-order valence-electron chi connectivity index (χ4n) is 1.77. The molecule has 0 atom stereocenters. The molecule has 1 aromatic carbocycles. The third-order valence-electron chi connectivity index (χ3n) is 2.77. The fourth-order valence-corrected chi connectivity index (χ4v) is 2.02. The maximum absolute atomic E-state index is 6.09. The first-order valence-electron chi connectivity index (χ1n) is 6.00. The van der Waals surface area contributed by atoms with Gasteiger partial charge in [-0.1, -0.05) is 17.7 Å². The lowest BCUT2D eigenvalue weighted by atomic mass is 10.2. The van der Waals surface area contributed by atoms with Gasteiger partial charge in [0.15, 0.2) is 5.65 Å². The molecule has 0 amide bonds. The number of ether oxygens (including phenoxy) is 1. The second-order valence-electron chi connectivity index (χ2n) is 4.11. The number of nitrogens with zero attached hydrogens (tertiary/aromatic N) is 3. The highest BCUT2D eigenvalue weighted by Crippen LogP contribution is 2.26. The van der Waals surface area contributed by atoms with Gasteiger partial charge in [-0.3, -0.25) is 4.98 Å². The molecule has 0 spiro atoms. The fraction of sp³-hybridized carbons (Fsp3) is 0.0714. The van der Waals surface area contributed by atoms with Gasteiger partial charge in [0.1, 0.15) is 11.3 Å². The molecule has 0 aliphatic heterocycles. The first-order valence-corrected chi connectivity index (χ1v) is 6.38. The van der Waals surface area contributed by atoms with Crippen LogP contribution in [0.3, 0.4) is 0 Å². The summed E-state index contributed by atoms with van der Waals surface area (Å²) in [5, 5.41) is 0.575. The topological polar surface area (TPSA) is 73.9 Å². The molecule has 2 N–H and O–H groups in total. The van der Waals surface area contributed by atoms with E-state index in [1.807, 2.05) is 6.07 Å². The van der Waals surface area contributed by atoms with Crippen molar-refractivity contribution in [2.24, 2.45) is 5.73 Å². The van der Waals surface area contributed by atoms with Crippen molar-refractivity contribution < 1.29 is 4.74 Å². The lowest BCUT2D eigenvalue weighted by molar-refractivity contribution is 0.464. The van der Waals surface area contributed by atoms with E-state index in [0.717, 1.165) is 11.1 Å². The second-order valence-corrected chi connectivity index (χ2v) is 4.52. The van der Waals surface area contributed by atoms with Crippen LogP contribution in [-0.2, 0) is 6.54 Å². The molecule has 2 heterocycles. The molecular formula is C14H11ClN4O. The van der Waals surface area contributed by atoms with Gasteiger partial charge in [0.25, 0.3) is 0 Å². The highest BCUT2D eigenvalue weighted by molar-refractivity contribution is 6.31. The van der Waals surface area contributed by atoms with Crippen LogP contribution in [0, 0.1) is 0 Å². The van der Waals surface area contributed by atoms with Crippen molar-refractivity contribution in [2.45, 2.75) is 6.54 Å². The Labute approximate surface area is 120 Å². The van der Waals surface area contributed by atoms with Crippen molar-refractivity contribution in [3.63, 3.8) is 0 Å². The van der Waals surface area contributed by atoms with Crippen LogP contribution >= 0.6 is 11.6 Å². The van der Waals surface area contributed by atoms with E-state index in [9.17, 15) is 0 Å². The number of rotatable bonds is 3. The van der Waals surface area contributed by atoms with Gasteiger partial charge >= 0.3 is 0 Å². The van der Waals surface area contributed by atoms with Crippen LogP contribution in [-0.4, -0.2) is 15.0 Å². The van der Waals surface area contributed by atoms with E-state index in [1.54, 1.807) is 36.7 Å². The lowest BCUT2D eigenvalue weighted by Crippen LogP contribution is -1.97. The Kier molecular flexibility index (Phi) is 3.45. The molecule has 5 nitrogen and oxygen atoms in total. The second kappa shape index (κ2) is 5.40. The maximum atomic E-state index is 6.09. The van der Waals surface area contributed by atoms with Gasteiger partial charge in [-0.2, -0.15) is 4.98 Å². The Balaban J connectivity index is 1.90. The molecule has 0 fully saturated rings. The maximum Gasteiger partial charge on any atom is 0.221 e. The number of benzene rings is 1. The molecule has 3 rings (SSSR count). The minimum absolute atomic E-state index is 0.392. The van der Waals surface area contributed by atoms with Gasteiger partial charge < -0.3 is 10.5 Å². The lowest BCUT2D eigenvalue weighted by Gasteiger charge is -2.07. The molecule has 3 aromatic rings. The smallest absolute Gasteiger partial charge is 0.221 e. The number of hydrogen-bond donors (Lipinski definition) is 1. The first-order chi connectivity index (χ1) is 9.76. The molecule has 0 aliphatic rings. The number of nitrogens with two attached hydrogens (primary N) is 1. The highest BCUT2D eigenvalue weighted by Gasteiger charge is 2.05. The minimum Gasteiger partial charge on any atom is -0.439 e. The molecule has 2 aromatic heterocycles. The van der Waals surface area contributed by atoms with E-state index in [1.165, 1.54) is 0 Å². The summed E-state index contributed by atoms with van der Waals surface area (Å²) in [4.78, 5) is 12.6. The first kappa shape index (κ1) is 12.8. The Morgan fingerprint density at radius 3 is 2.75 bits per heavy atom. The van der Waals surface area contributed by atoms with Gasteiger partial charge in [-0.15, -0.1) is 0 Å². The van der Waals surface area contributed by atoms with E-state index in [0.29, 0.717) is 28.8 Å². The largest absolute Gasteiger partial charge is 0.439 e. The zero-order chi connectivity index (χ0) is 13.9. The standard InChI is InChI=1S/C14H11ClN4O/c15-11-7-10(2-1-9(11)8-16)20-13-4-3-12-14(19-13)18-6-5-17-12/h1-7H,8,16H2. The van der Waals surface area contributed by atoms with Gasteiger partial charge in [0.05, 0.1) is 0 Å². The van der Waals surface area contributed by atoms with Crippen molar-refractivity contribution >= 4 is 22.8 Å². The molecule has 6 heteroatoms. The Hall–Kier alpha value is -2.24. The van der Waals surface area contributed by atoms with Crippen molar-refractivity contribution in [1.29, 1.82) is 0 Å². The molecule has 100 valence electrons. The third-order valence-corrected chi connectivity index (χ3v) is 3.12. The number of aromatic nitrogens is 3. The predicted octanol–water partition coefficient (Wildman–Crippen LogP) is 2.93. The number of hydrogen-bond acceptors (Lipinski definition) is 5. The van der Waals surface area contributed by atoms with Crippen molar-refractivity contribution in [2.75, 3.05) is 0 Å². The molecule has 0 radical (unpaired) electrons. The van der Waals surface area contributed by atoms with Crippen LogP contribution in [0.1, 0.15) is 5.56 Å². The zero-order valence-corrected chi connectivity index (χ0v) is 11.2. The Morgan fingerprint density at radius 1 is 1.10 bits per heavy atom. The summed E-state index contributed by atoms with van der Waals surface area (Å²) in [5.74, 6) is 1.04. The van der Waals surface area contributed by atoms with E-state index in [2.05, 4.69) is 15.0 Å². The third kappa shape index (κ3) is 2.54. The normalized spacial score (nSPS) is 10.7. The monoisotopic (exact) mass is 286 g/mol. The molecule has 0 aliphatic carbocycles. The van der Waals surface area contributed by atoms with Crippen LogP contribution in [0.4, 0.5) is 0 Å². The van der Waals surface area contributed by atoms with Crippen LogP contribution < -0.4 is 10.5 Å². The average Bonchev–Trinajstić information content (AvgIpc) is 2.47. The molecule has 0 saturated carbocycles. The quantitative estimate of drug-likeness (QED) is 0.801. The van der Waals surface area contributed by atoms with Crippen LogP contribution in [0.25, 0.3) is 11.2 Å². The highest BCUT2D eigenvalue weighted by atomic mass is 35.5. The van der Waals surface area contributed by atoms with Gasteiger partial charge in [-0.25, -0.2) is 4.98 Å². The average molecular weight is 287 g/mol.